The highest BCUT2D eigenvalue weighted by Crippen LogP contribution is 2.12. The van der Waals surface area contributed by atoms with Crippen LogP contribution in [0, 0.1) is 6.92 Å². The van der Waals surface area contributed by atoms with Gasteiger partial charge in [0.2, 0.25) is 0 Å². The van der Waals surface area contributed by atoms with Gasteiger partial charge in [-0.05, 0) is 13.0 Å². The van der Waals surface area contributed by atoms with Gasteiger partial charge in [-0.15, -0.1) is 0 Å². The molecule has 0 spiro atoms. The molecule has 2 rings (SSSR count). The highest BCUT2D eigenvalue weighted by molar-refractivity contribution is 5.45. The Balaban J connectivity index is 2.39. The van der Waals surface area contributed by atoms with Gasteiger partial charge in [0, 0.05) is 6.20 Å². The van der Waals surface area contributed by atoms with Crippen molar-refractivity contribution in [2.24, 2.45) is 5.73 Å². The number of rotatable bonds is 2. The van der Waals surface area contributed by atoms with Gasteiger partial charge in [-0.1, -0.05) is 5.16 Å². The SMILES string of the molecule is Cc1nccc(-c2nc(CN)no2)n1. The number of hydrogen-bond acceptors (Lipinski definition) is 6. The Morgan fingerprint density at radius 1 is 1.43 bits per heavy atom. The second kappa shape index (κ2) is 3.51. The topological polar surface area (TPSA) is 90.7 Å². The molecule has 0 amide bonds. The van der Waals surface area contributed by atoms with E-state index < -0.39 is 0 Å². The zero-order valence-corrected chi connectivity index (χ0v) is 7.64. The van der Waals surface area contributed by atoms with Crippen LogP contribution in [0.4, 0.5) is 0 Å². The smallest absolute Gasteiger partial charge is 0.276 e. The minimum atomic E-state index is 0.258. The van der Waals surface area contributed by atoms with Gasteiger partial charge in [0.15, 0.2) is 5.82 Å². The summed E-state index contributed by atoms with van der Waals surface area (Å²) in [7, 11) is 0. The summed E-state index contributed by atoms with van der Waals surface area (Å²) in [5.74, 6) is 1.50. The van der Waals surface area contributed by atoms with Crippen LogP contribution < -0.4 is 5.73 Å². The number of nitrogens with two attached hydrogens (primary N) is 1. The van der Waals surface area contributed by atoms with Crippen LogP contribution in [0.3, 0.4) is 0 Å². The van der Waals surface area contributed by atoms with Crippen LogP contribution in [0.25, 0.3) is 11.6 Å². The fourth-order valence-corrected chi connectivity index (χ4v) is 1.02. The van der Waals surface area contributed by atoms with Gasteiger partial charge in [0.25, 0.3) is 5.89 Å². The fraction of sp³-hybridized carbons (Fsp3) is 0.250. The first-order valence-corrected chi connectivity index (χ1v) is 4.12. The van der Waals surface area contributed by atoms with Gasteiger partial charge in [0.05, 0.1) is 6.54 Å². The number of hydrogen-bond donors (Lipinski definition) is 1. The van der Waals surface area contributed by atoms with Crippen molar-refractivity contribution in [3.63, 3.8) is 0 Å². The molecular formula is C8H9N5O. The molecule has 0 aliphatic carbocycles. The van der Waals surface area contributed by atoms with Crippen LogP contribution in [0.15, 0.2) is 16.8 Å². The van der Waals surface area contributed by atoms with E-state index in [-0.39, 0.29) is 6.54 Å². The Hall–Kier alpha value is -1.82. The summed E-state index contributed by atoms with van der Waals surface area (Å²) in [6, 6.07) is 1.71. The van der Waals surface area contributed by atoms with Crippen LogP contribution in [0.2, 0.25) is 0 Å². The molecule has 0 saturated carbocycles. The minimum Gasteiger partial charge on any atom is -0.332 e. The lowest BCUT2D eigenvalue weighted by atomic mass is 10.4. The van der Waals surface area contributed by atoms with E-state index in [2.05, 4.69) is 20.1 Å². The van der Waals surface area contributed by atoms with Crippen molar-refractivity contribution in [3.05, 3.63) is 23.9 Å². The van der Waals surface area contributed by atoms with E-state index in [4.69, 9.17) is 10.3 Å². The lowest BCUT2D eigenvalue weighted by Crippen LogP contribution is -1.98. The van der Waals surface area contributed by atoms with Gasteiger partial charge < -0.3 is 10.3 Å². The molecule has 72 valence electrons. The van der Waals surface area contributed by atoms with E-state index in [1.54, 1.807) is 19.2 Å². The summed E-state index contributed by atoms with van der Waals surface area (Å²) < 4.78 is 4.97. The molecular weight excluding hydrogens is 182 g/mol. The van der Waals surface area contributed by atoms with E-state index in [9.17, 15) is 0 Å². The average molecular weight is 191 g/mol. The van der Waals surface area contributed by atoms with Gasteiger partial charge in [0.1, 0.15) is 11.5 Å². The van der Waals surface area contributed by atoms with E-state index in [1.165, 1.54) is 0 Å². The van der Waals surface area contributed by atoms with Crippen LogP contribution >= 0.6 is 0 Å². The molecule has 6 heteroatoms. The monoisotopic (exact) mass is 191 g/mol. The summed E-state index contributed by atoms with van der Waals surface area (Å²) in [5, 5.41) is 3.67. The molecule has 0 aliphatic heterocycles. The molecule has 0 fully saturated rings. The second-order valence-electron chi connectivity index (χ2n) is 2.71. The molecule has 0 radical (unpaired) electrons. The molecule has 2 N–H and O–H groups in total. The molecule has 0 aromatic carbocycles. The Bertz CT molecular complexity index is 439. The first-order valence-electron chi connectivity index (χ1n) is 4.12. The lowest BCUT2D eigenvalue weighted by molar-refractivity contribution is 0.421. The first kappa shape index (κ1) is 8.76. The summed E-state index contributed by atoms with van der Waals surface area (Å²) in [4.78, 5) is 12.2. The first-order chi connectivity index (χ1) is 6.79. The van der Waals surface area contributed by atoms with Crippen molar-refractivity contribution < 1.29 is 4.52 Å². The average Bonchev–Trinajstić information content (AvgIpc) is 2.66. The van der Waals surface area contributed by atoms with E-state index in [0.717, 1.165) is 0 Å². The zero-order chi connectivity index (χ0) is 9.97. The number of aryl methyl sites for hydroxylation is 1. The molecule has 0 aliphatic rings. The van der Waals surface area contributed by atoms with Crippen LogP contribution in [-0.4, -0.2) is 20.1 Å². The highest BCUT2D eigenvalue weighted by atomic mass is 16.5. The molecule has 6 nitrogen and oxygen atoms in total. The largest absolute Gasteiger partial charge is 0.332 e. The molecule has 0 atom stereocenters. The summed E-state index contributed by atoms with van der Waals surface area (Å²) >= 11 is 0. The van der Waals surface area contributed by atoms with E-state index >= 15 is 0 Å². The number of aromatic nitrogens is 4. The standard InChI is InChI=1S/C8H9N5O/c1-5-10-3-2-6(11-5)8-12-7(4-9)13-14-8/h2-3H,4,9H2,1H3. The number of nitrogens with zero attached hydrogens (tertiary/aromatic N) is 4. The van der Waals surface area contributed by atoms with Crippen LogP contribution in [0.5, 0.6) is 0 Å². The molecule has 14 heavy (non-hydrogen) atoms. The Kier molecular flexibility index (Phi) is 2.19. The molecule has 0 saturated heterocycles. The van der Waals surface area contributed by atoms with Gasteiger partial charge in [-0.25, -0.2) is 9.97 Å². The molecule has 0 unspecified atom stereocenters. The van der Waals surface area contributed by atoms with Crippen molar-refractivity contribution in [2.75, 3.05) is 0 Å². The Labute approximate surface area is 80.2 Å². The normalized spacial score (nSPS) is 10.4. The van der Waals surface area contributed by atoms with Crippen molar-refractivity contribution in [3.8, 4) is 11.6 Å². The molecule has 2 aromatic rings. The maximum absolute atomic E-state index is 5.35. The highest BCUT2D eigenvalue weighted by Gasteiger charge is 2.08. The van der Waals surface area contributed by atoms with Gasteiger partial charge in [-0.2, -0.15) is 4.98 Å². The second-order valence-corrected chi connectivity index (χ2v) is 2.71. The molecule has 2 heterocycles. The van der Waals surface area contributed by atoms with Gasteiger partial charge >= 0.3 is 0 Å². The minimum absolute atomic E-state index is 0.258. The van der Waals surface area contributed by atoms with Crippen LogP contribution in [-0.2, 0) is 6.54 Å². The third-order valence-corrected chi connectivity index (χ3v) is 1.65. The quantitative estimate of drug-likeness (QED) is 0.733. The van der Waals surface area contributed by atoms with Crippen LogP contribution in [0.1, 0.15) is 11.6 Å². The summed E-state index contributed by atoms with van der Waals surface area (Å²) in [6.45, 7) is 2.05. The molecule has 0 bridgehead atoms. The van der Waals surface area contributed by atoms with Crippen molar-refractivity contribution in [2.45, 2.75) is 13.5 Å². The predicted octanol–water partition coefficient (Wildman–Crippen LogP) is 0.294. The maximum Gasteiger partial charge on any atom is 0.276 e. The fourth-order valence-electron chi connectivity index (χ4n) is 1.02. The lowest BCUT2D eigenvalue weighted by Gasteiger charge is -1.93. The summed E-state index contributed by atoms with van der Waals surface area (Å²) in [6.07, 6.45) is 1.64. The third kappa shape index (κ3) is 1.60. The van der Waals surface area contributed by atoms with E-state index in [0.29, 0.717) is 23.2 Å². The zero-order valence-electron chi connectivity index (χ0n) is 7.64. The third-order valence-electron chi connectivity index (χ3n) is 1.65. The van der Waals surface area contributed by atoms with Gasteiger partial charge in [-0.3, -0.25) is 0 Å². The predicted molar refractivity (Wildman–Crippen MR) is 48.0 cm³/mol. The summed E-state index contributed by atoms with van der Waals surface area (Å²) in [5.41, 5.74) is 5.97. The maximum atomic E-state index is 5.35. The van der Waals surface area contributed by atoms with Crippen molar-refractivity contribution in [1.82, 2.24) is 20.1 Å². The van der Waals surface area contributed by atoms with Crippen molar-refractivity contribution >= 4 is 0 Å². The Morgan fingerprint density at radius 3 is 2.93 bits per heavy atom. The van der Waals surface area contributed by atoms with Crippen molar-refractivity contribution in [1.29, 1.82) is 0 Å². The molecule has 2 aromatic heterocycles. The van der Waals surface area contributed by atoms with E-state index in [1.807, 2.05) is 0 Å². The Morgan fingerprint density at radius 2 is 2.29 bits per heavy atom.